The van der Waals surface area contributed by atoms with Gasteiger partial charge in [0.2, 0.25) is 5.91 Å². The van der Waals surface area contributed by atoms with Gasteiger partial charge >= 0.3 is 0 Å². The zero-order valence-corrected chi connectivity index (χ0v) is 11.1. The van der Waals surface area contributed by atoms with Crippen molar-refractivity contribution in [3.05, 3.63) is 35.9 Å². The second-order valence-electron chi connectivity index (χ2n) is 4.50. The second kappa shape index (κ2) is 8.70. The molecule has 0 radical (unpaired) electrons. The average molecular weight is 249 g/mol. The first-order chi connectivity index (χ1) is 8.77. The van der Waals surface area contributed by atoms with Crippen molar-refractivity contribution >= 4 is 5.91 Å². The Labute approximate surface area is 109 Å². The lowest BCUT2D eigenvalue weighted by Gasteiger charge is -2.18. The summed E-state index contributed by atoms with van der Waals surface area (Å²) in [5.74, 6) is 0.0748. The maximum atomic E-state index is 11.8. The molecule has 0 saturated carbocycles. The van der Waals surface area contributed by atoms with Gasteiger partial charge in [0.05, 0.1) is 6.04 Å². The molecule has 0 aliphatic carbocycles. The lowest BCUT2D eigenvalue weighted by Crippen LogP contribution is -2.28. The standard InChI is InChI=1S/C15H23NO2/c1-2-3-5-10-15(18)16-14(11-12-17)13-8-6-4-7-9-13/h4,6-9,14,17H,2-3,5,10-12H2,1H3,(H,16,18). The monoisotopic (exact) mass is 249 g/mol. The van der Waals surface area contributed by atoms with E-state index in [0.717, 1.165) is 24.8 Å². The van der Waals surface area contributed by atoms with E-state index in [9.17, 15) is 4.79 Å². The fourth-order valence-corrected chi connectivity index (χ4v) is 1.94. The molecule has 3 nitrogen and oxygen atoms in total. The molecule has 0 saturated heterocycles. The number of aliphatic hydroxyl groups is 1. The van der Waals surface area contributed by atoms with Gasteiger partial charge in [0.1, 0.15) is 0 Å². The minimum atomic E-state index is -0.0784. The molecule has 1 amide bonds. The zero-order chi connectivity index (χ0) is 13.2. The Hall–Kier alpha value is -1.35. The fraction of sp³-hybridized carbons (Fsp3) is 0.533. The molecular weight excluding hydrogens is 226 g/mol. The highest BCUT2D eigenvalue weighted by Crippen LogP contribution is 2.16. The molecule has 0 spiro atoms. The van der Waals surface area contributed by atoms with Gasteiger partial charge in [-0.1, -0.05) is 50.1 Å². The van der Waals surface area contributed by atoms with E-state index in [1.807, 2.05) is 30.3 Å². The first kappa shape index (κ1) is 14.7. The molecule has 1 unspecified atom stereocenters. The van der Waals surface area contributed by atoms with Crippen molar-refractivity contribution in [3.63, 3.8) is 0 Å². The van der Waals surface area contributed by atoms with Crippen molar-refractivity contribution in [1.29, 1.82) is 0 Å². The molecule has 2 N–H and O–H groups in total. The summed E-state index contributed by atoms with van der Waals surface area (Å²) in [6.45, 7) is 2.20. The molecule has 0 aliphatic heterocycles. The van der Waals surface area contributed by atoms with Gasteiger partial charge < -0.3 is 10.4 Å². The van der Waals surface area contributed by atoms with E-state index in [4.69, 9.17) is 5.11 Å². The van der Waals surface area contributed by atoms with Gasteiger partial charge in [-0.25, -0.2) is 0 Å². The SMILES string of the molecule is CCCCCC(=O)NC(CCO)c1ccccc1. The molecule has 0 fully saturated rings. The lowest BCUT2D eigenvalue weighted by molar-refractivity contribution is -0.122. The third-order valence-electron chi connectivity index (χ3n) is 2.96. The summed E-state index contributed by atoms with van der Waals surface area (Å²) in [7, 11) is 0. The van der Waals surface area contributed by atoms with Gasteiger partial charge in [-0.3, -0.25) is 4.79 Å². The smallest absolute Gasteiger partial charge is 0.220 e. The number of aliphatic hydroxyl groups excluding tert-OH is 1. The zero-order valence-electron chi connectivity index (χ0n) is 11.1. The highest BCUT2D eigenvalue weighted by Gasteiger charge is 2.13. The van der Waals surface area contributed by atoms with Crippen LogP contribution < -0.4 is 5.32 Å². The van der Waals surface area contributed by atoms with Crippen LogP contribution in [0.4, 0.5) is 0 Å². The van der Waals surface area contributed by atoms with E-state index >= 15 is 0 Å². The average Bonchev–Trinajstić information content (AvgIpc) is 2.39. The van der Waals surface area contributed by atoms with Gasteiger partial charge in [-0.15, -0.1) is 0 Å². The summed E-state index contributed by atoms with van der Waals surface area (Å²) in [4.78, 5) is 11.8. The summed E-state index contributed by atoms with van der Waals surface area (Å²) < 4.78 is 0. The number of carbonyl (C=O) groups is 1. The second-order valence-corrected chi connectivity index (χ2v) is 4.50. The predicted molar refractivity (Wildman–Crippen MR) is 73.2 cm³/mol. The van der Waals surface area contributed by atoms with E-state index < -0.39 is 0 Å². The van der Waals surface area contributed by atoms with E-state index in [2.05, 4.69) is 12.2 Å². The van der Waals surface area contributed by atoms with E-state index in [1.54, 1.807) is 0 Å². The number of amides is 1. The molecule has 0 heterocycles. The van der Waals surface area contributed by atoms with Crippen LogP contribution in [0.15, 0.2) is 30.3 Å². The highest BCUT2D eigenvalue weighted by molar-refractivity contribution is 5.76. The van der Waals surface area contributed by atoms with E-state index in [-0.39, 0.29) is 18.6 Å². The highest BCUT2D eigenvalue weighted by atomic mass is 16.3. The molecule has 100 valence electrons. The van der Waals surface area contributed by atoms with Crippen LogP contribution in [0.25, 0.3) is 0 Å². The lowest BCUT2D eigenvalue weighted by atomic mass is 10.0. The summed E-state index contributed by atoms with van der Waals surface area (Å²) >= 11 is 0. The van der Waals surface area contributed by atoms with Crippen LogP contribution in [0.3, 0.4) is 0 Å². The van der Waals surface area contributed by atoms with Gasteiger partial charge in [0.15, 0.2) is 0 Å². The number of nitrogens with one attached hydrogen (secondary N) is 1. The van der Waals surface area contributed by atoms with Crippen LogP contribution in [-0.4, -0.2) is 17.6 Å². The number of rotatable bonds is 8. The Morgan fingerprint density at radius 2 is 2.00 bits per heavy atom. The topological polar surface area (TPSA) is 49.3 Å². The van der Waals surface area contributed by atoms with Gasteiger partial charge in [0, 0.05) is 13.0 Å². The molecule has 1 aromatic carbocycles. The summed E-state index contributed by atoms with van der Waals surface area (Å²) in [6.07, 6.45) is 4.27. The first-order valence-corrected chi connectivity index (χ1v) is 6.73. The van der Waals surface area contributed by atoms with Gasteiger partial charge in [0.25, 0.3) is 0 Å². The first-order valence-electron chi connectivity index (χ1n) is 6.73. The van der Waals surface area contributed by atoms with Crippen molar-refractivity contribution in [2.24, 2.45) is 0 Å². The maximum absolute atomic E-state index is 11.8. The van der Waals surface area contributed by atoms with Crippen molar-refractivity contribution in [3.8, 4) is 0 Å². The van der Waals surface area contributed by atoms with E-state index in [0.29, 0.717) is 12.8 Å². The summed E-state index contributed by atoms with van der Waals surface area (Å²) in [5.41, 5.74) is 1.05. The summed E-state index contributed by atoms with van der Waals surface area (Å²) in [5, 5.41) is 12.1. The number of hydrogen-bond acceptors (Lipinski definition) is 2. The molecule has 1 rings (SSSR count). The fourth-order valence-electron chi connectivity index (χ4n) is 1.94. The van der Waals surface area contributed by atoms with Crippen molar-refractivity contribution in [1.82, 2.24) is 5.32 Å². The molecule has 1 aromatic rings. The Morgan fingerprint density at radius 3 is 2.61 bits per heavy atom. The van der Waals surface area contributed by atoms with Crippen molar-refractivity contribution in [2.45, 2.75) is 45.1 Å². The Balaban J connectivity index is 2.50. The number of unbranched alkanes of at least 4 members (excludes halogenated alkanes) is 2. The molecule has 18 heavy (non-hydrogen) atoms. The Bertz CT molecular complexity index is 338. The van der Waals surface area contributed by atoms with Crippen LogP contribution >= 0.6 is 0 Å². The molecule has 1 atom stereocenters. The van der Waals surface area contributed by atoms with Crippen molar-refractivity contribution in [2.75, 3.05) is 6.61 Å². The largest absolute Gasteiger partial charge is 0.396 e. The molecular formula is C15H23NO2. The number of carbonyl (C=O) groups excluding carboxylic acids is 1. The Kier molecular flexibility index (Phi) is 7.11. The Morgan fingerprint density at radius 1 is 1.28 bits per heavy atom. The quantitative estimate of drug-likeness (QED) is 0.696. The summed E-state index contributed by atoms with van der Waals surface area (Å²) in [6, 6.07) is 9.72. The maximum Gasteiger partial charge on any atom is 0.220 e. The molecule has 3 heteroatoms. The van der Waals surface area contributed by atoms with Gasteiger partial charge in [-0.2, -0.15) is 0 Å². The van der Waals surface area contributed by atoms with Crippen LogP contribution in [0.5, 0.6) is 0 Å². The minimum Gasteiger partial charge on any atom is -0.396 e. The van der Waals surface area contributed by atoms with Crippen molar-refractivity contribution < 1.29 is 9.90 Å². The van der Waals surface area contributed by atoms with Gasteiger partial charge in [-0.05, 0) is 18.4 Å². The normalized spacial score (nSPS) is 12.1. The predicted octanol–water partition coefficient (Wildman–Crippen LogP) is 2.81. The number of hydrogen-bond donors (Lipinski definition) is 2. The molecule has 0 bridgehead atoms. The minimum absolute atomic E-state index is 0.0748. The molecule has 0 aromatic heterocycles. The third kappa shape index (κ3) is 5.32. The van der Waals surface area contributed by atoms with E-state index in [1.165, 1.54) is 0 Å². The van der Waals surface area contributed by atoms with Crippen LogP contribution in [0, 0.1) is 0 Å². The number of benzene rings is 1. The van der Waals surface area contributed by atoms with Crippen LogP contribution in [0.2, 0.25) is 0 Å². The molecule has 0 aliphatic rings. The van der Waals surface area contributed by atoms with Crippen LogP contribution in [0.1, 0.15) is 50.6 Å². The third-order valence-corrected chi connectivity index (χ3v) is 2.96. The van der Waals surface area contributed by atoms with Crippen LogP contribution in [-0.2, 0) is 4.79 Å².